The van der Waals surface area contributed by atoms with Crippen molar-refractivity contribution in [3.63, 3.8) is 0 Å². The van der Waals surface area contributed by atoms with Gasteiger partial charge < -0.3 is 17.0 Å². The Hall–Kier alpha value is -6.56. The molecule has 0 fully saturated rings. The van der Waals surface area contributed by atoms with Gasteiger partial charge in [0, 0.05) is 53.7 Å². The van der Waals surface area contributed by atoms with Crippen LogP contribution < -0.4 is 25.7 Å². The van der Waals surface area contributed by atoms with Crippen molar-refractivity contribution in [1.82, 2.24) is 19.9 Å². The molecule has 8 rings (SSSR count). The van der Waals surface area contributed by atoms with Crippen molar-refractivity contribution in [3.8, 4) is 35.4 Å². The molecule has 528 valence electrons. The topological polar surface area (TPSA) is 223 Å². The first-order valence-electron chi connectivity index (χ1n) is 32.3. The summed E-state index contributed by atoms with van der Waals surface area (Å²) in [4.78, 5) is 25.4. The molecule has 0 aliphatic rings. The number of nitrogens with one attached hydrogen (secondary N) is 2. The third-order valence-corrected chi connectivity index (χ3v) is 23.1. The molecule has 0 saturated carbocycles. The first-order valence-corrected chi connectivity index (χ1v) is 43.7. The first-order chi connectivity index (χ1) is 44.1. The van der Waals surface area contributed by atoms with Crippen molar-refractivity contribution < 1.29 is 20.4 Å². The quantitative estimate of drug-likeness (QED) is 0.0483. The Morgan fingerprint density at radius 1 is 0.520 bits per heavy atom. The number of nitrogens with zero attached hydrogens (tertiary/aromatic N) is 8. The molecule has 0 radical (unpaired) electrons. The molecule has 0 aliphatic heterocycles. The molecule has 6 N–H and O–H groups in total. The normalized spacial score (nSPS) is 11.4. The fourth-order valence-corrected chi connectivity index (χ4v) is 12.4. The molecule has 2 aromatic heterocycles. The van der Waals surface area contributed by atoms with Crippen LogP contribution >= 0.6 is 35.1 Å². The number of aromatic nitrogens is 4. The van der Waals surface area contributed by atoms with Gasteiger partial charge in [0.05, 0.1) is 29.3 Å². The van der Waals surface area contributed by atoms with Gasteiger partial charge in [-0.05, 0) is 149 Å². The summed E-state index contributed by atoms with van der Waals surface area (Å²) >= 11 is 1.19. The van der Waals surface area contributed by atoms with E-state index in [0.717, 1.165) is 82.2 Å². The number of nitrogens with two attached hydrogens (primary N) is 2. The number of nitriles is 4. The standard InChI is InChI=1S/C27H22N6.C15H10N5.C12H12BrN.2C8H18.C4H11P.C4H9.3CH3.H3P.Pd.Sn/c1-16(11-12-28)20-13-17(2)24(18(3)14-20)22-5-4-6-23-25(22)32-27(33-26(23)30)31-21-9-7-19(15-29)8-10-21;16-9-10-5-7-11(8-6-10)18-15-19-13-4-2-1-3-12(13)14(17)20-15;1-8(4-5-14)11-6-9(2)12(13)10(3)7-11;2*1-7(2,3)8(4,5)6;1-4(2,3)5;1-4(2)3;;;;;;/h4-11,13-14H,1-3H3,(H3,30,31,32,33);1-3,5-8H,(H3,17,18,19,20);4,6-7H,1-3H3;2*1-6H3;5H2,1-3H3;1-3H3;4*1H3;;/q;;;;;;-1;;;;;;/b16-11-;;8-4-;;;;;;;;;;. The van der Waals surface area contributed by atoms with Gasteiger partial charge >= 0.3 is 146 Å². The van der Waals surface area contributed by atoms with Gasteiger partial charge in [-0.3, -0.25) is 0 Å². The van der Waals surface area contributed by atoms with Gasteiger partial charge in [-0.15, -0.1) is 9.24 Å². The zero-order valence-electron chi connectivity index (χ0n) is 63.8. The zero-order chi connectivity index (χ0) is 73.6. The summed E-state index contributed by atoms with van der Waals surface area (Å²) in [5.74, 6) is 3.15. The molecular weight excluding hydrogens is 1510 g/mol. The maximum atomic E-state index is 9.00. The van der Waals surface area contributed by atoms with Crippen LogP contribution in [0.2, 0.25) is 14.8 Å². The second kappa shape index (κ2) is 40.0. The maximum Gasteiger partial charge on any atom is 0 e. The van der Waals surface area contributed by atoms with Crippen LogP contribution in [0.25, 0.3) is 44.1 Å². The molecule has 2 atom stereocenters. The Balaban J connectivity index is 0.00000126. The molecule has 6 aromatic carbocycles. The van der Waals surface area contributed by atoms with Crippen molar-refractivity contribution >= 4 is 125 Å². The number of hydrogen-bond donors (Lipinski definition) is 4. The summed E-state index contributed by atoms with van der Waals surface area (Å²) in [6.45, 7) is 52.1. The number of fused-ring (bicyclic) bond motifs is 2. The molecule has 0 bridgehead atoms. The van der Waals surface area contributed by atoms with E-state index in [-0.39, 0.29) is 30.3 Å². The summed E-state index contributed by atoms with van der Waals surface area (Å²) in [6.07, 6.45) is 3.13. The van der Waals surface area contributed by atoms with E-state index in [1.807, 2.05) is 62.4 Å². The van der Waals surface area contributed by atoms with Gasteiger partial charge in [0.1, 0.15) is 5.82 Å². The molecule has 0 amide bonds. The Kier molecular flexibility index (Phi) is 37.3. The van der Waals surface area contributed by atoms with E-state index in [9.17, 15) is 0 Å². The second-order valence-electron chi connectivity index (χ2n) is 30.8. The monoisotopic (exact) mass is 1620 g/mol. The molecule has 17 heteroatoms. The van der Waals surface area contributed by atoms with Gasteiger partial charge in [-0.25, -0.2) is 4.98 Å². The van der Waals surface area contributed by atoms with Crippen LogP contribution in [0.1, 0.15) is 183 Å². The molecule has 0 spiro atoms. The number of benzene rings is 6. The summed E-state index contributed by atoms with van der Waals surface area (Å²) in [5, 5.41) is 43.9. The van der Waals surface area contributed by atoms with Gasteiger partial charge in [-0.2, -0.15) is 51.4 Å². The van der Waals surface area contributed by atoms with Gasteiger partial charge in [0.25, 0.3) is 0 Å². The van der Waals surface area contributed by atoms with E-state index in [4.69, 9.17) is 42.5 Å². The molecule has 8 aromatic rings. The summed E-state index contributed by atoms with van der Waals surface area (Å²) in [7, 11) is 2.72. The van der Waals surface area contributed by atoms with Crippen LogP contribution in [0.5, 0.6) is 0 Å². The average Bonchev–Trinajstić information content (AvgIpc) is 0.775. The molecule has 0 saturated heterocycles. The molecular formula is C81H112BrN12P2PdSn-. The van der Waals surface area contributed by atoms with E-state index in [2.05, 4.69) is 261 Å². The number of anilines is 6. The van der Waals surface area contributed by atoms with E-state index >= 15 is 0 Å². The Morgan fingerprint density at radius 2 is 0.827 bits per heavy atom. The summed E-state index contributed by atoms with van der Waals surface area (Å²) in [5.41, 5.74) is 29.4. The van der Waals surface area contributed by atoms with Gasteiger partial charge in [-0.1, -0.05) is 156 Å². The van der Waals surface area contributed by atoms with E-state index in [1.165, 1.54) is 20.6 Å². The van der Waals surface area contributed by atoms with Gasteiger partial charge in [0.15, 0.2) is 0 Å². The molecule has 0 aliphatic carbocycles. The van der Waals surface area contributed by atoms with Crippen LogP contribution in [0.15, 0.2) is 126 Å². The number of halogens is 1. The van der Waals surface area contributed by atoms with Crippen LogP contribution in [-0.2, 0) is 20.4 Å². The van der Waals surface area contributed by atoms with Crippen molar-refractivity contribution in [1.29, 1.82) is 21.0 Å². The zero-order valence-corrected chi connectivity index (χ0v) is 72.3. The number of nitrogen functional groups attached to an aromatic ring is 2. The van der Waals surface area contributed by atoms with Crippen LogP contribution in [0, 0.1) is 101 Å². The number of aryl methyl sites for hydroxylation is 4. The van der Waals surface area contributed by atoms with Crippen LogP contribution in [-0.4, -0.2) is 43.5 Å². The molecule has 2 heterocycles. The molecule has 2 unspecified atom stereocenters. The Bertz CT molecular complexity index is 4050. The van der Waals surface area contributed by atoms with E-state index in [0.29, 0.717) is 61.5 Å². The number of hydrogen-bond acceptors (Lipinski definition) is 12. The maximum absolute atomic E-state index is 9.00. The minimum Gasteiger partial charge on any atom is 0 e. The van der Waals surface area contributed by atoms with Crippen molar-refractivity contribution in [2.45, 2.75) is 186 Å². The smallest absolute Gasteiger partial charge is 0 e. The van der Waals surface area contributed by atoms with Gasteiger partial charge in [0.2, 0.25) is 5.95 Å². The van der Waals surface area contributed by atoms with Crippen LogP contribution in [0.3, 0.4) is 0 Å². The SMILES string of the molecule is C/C(=C/C#N)c1cc(C)c(-c2cccc3c(N)nc(Nc4ccc(C#N)cc4)nc23)c(C)c1.C/C(=C/C#N)c1cc(C)c(Br)c(C)c1.CC(C)(C)C(C)(C)C.CC(C)(C)C(C)(C)C.CC(C)(C)P.C[C-](C)C.P.[CH3][Sn]([CH3])([CH3])[c]1cccc2c(N)nc(Nc3ccc(C#N)cc3)nc12.[Pd]. The minimum absolute atomic E-state index is 0. The first kappa shape index (κ1) is 91.4. The minimum atomic E-state index is -2.33. The predicted octanol–water partition coefficient (Wildman–Crippen LogP) is 22.9. The average molecular weight is 1620 g/mol. The Morgan fingerprint density at radius 3 is 1.13 bits per heavy atom. The summed E-state index contributed by atoms with van der Waals surface area (Å²) < 4.78 is 2.48. The third-order valence-electron chi connectivity index (χ3n) is 16.1. The van der Waals surface area contributed by atoms with E-state index < -0.39 is 18.4 Å². The number of allylic oxidation sites excluding steroid dienone is 4. The Labute approximate surface area is 622 Å². The number of rotatable bonds is 8. The fourth-order valence-electron chi connectivity index (χ4n) is 7.93. The van der Waals surface area contributed by atoms with Crippen molar-refractivity contribution in [3.05, 3.63) is 176 Å². The largest absolute Gasteiger partial charge is 0 e. The fraction of sp³-hybridized carbons (Fsp3) is 0.395. The van der Waals surface area contributed by atoms with Crippen LogP contribution in [0.4, 0.5) is 34.9 Å². The van der Waals surface area contributed by atoms with E-state index in [1.54, 1.807) is 48.6 Å². The molecule has 98 heavy (non-hydrogen) atoms. The predicted molar refractivity (Wildman–Crippen MR) is 435 cm³/mol. The third kappa shape index (κ3) is 30.5. The number of para-hydroxylation sites is 2. The second-order valence-corrected chi connectivity index (χ2v) is 47.7. The van der Waals surface area contributed by atoms with Crippen molar-refractivity contribution in [2.75, 3.05) is 22.1 Å². The summed E-state index contributed by atoms with van der Waals surface area (Å²) in [6, 6.07) is 43.0. The van der Waals surface area contributed by atoms with Crippen molar-refractivity contribution in [2.24, 2.45) is 21.7 Å². The molecule has 12 nitrogen and oxygen atoms in total.